The molecule has 3 heterocycles. The Kier molecular flexibility index (Phi) is 5.67. The van der Waals surface area contributed by atoms with Crippen molar-refractivity contribution in [1.82, 2.24) is 9.13 Å². The van der Waals surface area contributed by atoms with Crippen LogP contribution in [0.2, 0.25) is 0 Å². The standard InChI is InChI=1S/C30H22N4O/c1-33-19-21(27-7-3-5-9-29(27)33)11-13-25-15-23(24(17-31)18-32)16-26(35-25)14-12-22-20-34(2)30-10-6-4-8-28(22)30/h3-16,19-20H,1-2H3/b13-11+,14-12+. The van der Waals surface area contributed by atoms with Gasteiger partial charge in [0, 0.05) is 65.0 Å². The first-order chi connectivity index (χ1) is 17.1. The number of fused-ring (bicyclic) bond motifs is 2. The Balaban J connectivity index is 1.50. The Labute approximate surface area is 203 Å². The van der Waals surface area contributed by atoms with Gasteiger partial charge in [-0.15, -0.1) is 0 Å². The van der Waals surface area contributed by atoms with E-state index >= 15 is 0 Å². The van der Waals surface area contributed by atoms with Crippen LogP contribution in [0.25, 0.3) is 34.0 Å². The lowest BCUT2D eigenvalue weighted by Gasteiger charge is -2.14. The smallest absolute Gasteiger partial charge is 0.137 e. The van der Waals surface area contributed by atoms with E-state index in [0.717, 1.165) is 32.9 Å². The topological polar surface area (TPSA) is 66.7 Å². The van der Waals surface area contributed by atoms with Crippen LogP contribution in [0.1, 0.15) is 11.1 Å². The van der Waals surface area contributed by atoms with Gasteiger partial charge in [-0.25, -0.2) is 0 Å². The fourth-order valence-electron chi connectivity index (χ4n) is 4.36. The maximum Gasteiger partial charge on any atom is 0.137 e. The van der Waals surface area contributed by atoms with Crippen molar-refractivity contribution in [2.75, 3.05) is 0 Å². The number of ether oxygens (including phenoxy) is 1. The van der Waals surface area contributed by atoms with Gasteiger partial charge in [-0.05, 0) is 48.6 Å². The van der Waals surface area contributed by atoms with E-state index < -0.39 is 0 Å². The summed E-state index contributed by atoms with van der Waals surface area (Å²) in [5.74, 6) is 1.10. The first kappa shape index (κ1) is 21.8. The normalized spacial score (nSPS) is 13.7. The van der Waals surface area contributed by atoms with Gasteiger partial charge in [-0.2, -0.15) is 10.5 Å². The number of aromatic nitrogens is 2. The van der Waals surface area contributed by atoms with E-state index in [0.29, 0.717) is 17.1 Å². The van der Waals surface area contributed by atoms with Gasteiger partial charge in [0.1, 0.15) is 29.2 Å². The molecule has 0 amide bonds. The highest BCUT2D eigenvalue weighted by molar-refractivity contribution is 5.90. The van der Waals surface area contributed by atoms with E-state index in [1.54, 1.807) is 12.2 Å². The minimum Gasteiger partial charge on any atom is -0.457 e. The molecule has 1 aliphatic heterocycles. The zero-order valence-electron chi connectivity index (χ0n) is 19.4. The number of rotatable bonds is 4. The van der Waals surface area contributed by atoms with Gasteiger partial charge < -0.3 is 13.9 Å². The van der Waals surface area contributed by atoms with Crippen LogP contribution in [-0.4, -0.2) is 9.13 Å². The Bertz CT molecular complexity index is 1580. The molecule has 0 saturated carbocycles. The molecule has 5 heteroatoms. The van der Waals surface area contributed by atoms with Crippen molar-refractivity contribution in [3.05, 3.63) is 119 Å². The monoisotopic (exact) mass is 454 g/mol. The molecule has 0 aliphatic carbocycles. The highest BCUT2D eigenvalue weighted by Crippen LogP contribution is 2.28. The minimum atomic E-state index is 0.0421. The molecule has 35 heavy (non-hydrogen) atoms. The number of benzene rings is 2. The van der Waals surface area contributed by atoms with Crippen molar-refractivity contribution in [2.45, 2.75) is 0 Å². The molecule has 2 aromatic heterocycles. The van der Waals surface area contributed by atoms with E-state index in [1.807, 2.05) is 74.8 Å². The molecule has 0 radical (unpaired) electrons. The first-order valence-electron chi connectivity index (χ1n) is 11.2. The number of hydrogen-bond acceptors (Lipinski definition) is 3. The second-order valence-corrected chi connectivity index (χ2v) is 8.34. The summed E-state index contributed by atoms with van der Waals surface area (Å²) in [5, 5.41) is 21.2. The van der Waals surface area contributed by atoms with Gasteiger partial charge in [0.2, 0.25) is 0 Å². The molecule has 0 spiro atoms. The number of allylic oxidation sites excluding steroid dienone is 6. The Morgan fingerprint density at radius 1 is 0.714 bits per heavy atom. The molecule has 4 aromatic rings. The molecule has 5 nitrogen and oxygen atoms in total. The molecule has 1 aliphatic rings. The van der Waals surface area contributed by atoms with Crippen molar-refractivity contribution in [3.63, 3.8) is 0 Å². The molecule has 0 N–H and O–H groups in total. The number of hydrogen-bond donors (Lipinski definition) is 0. The Morgan fingerprint density at radius 2 is 1.17 bits per heavy atom. The fourth-order valence-corrected chi connectivity index (χ4v) is 4.36. The highest BCUT2D eigenvalue weighted by atomic mass is 16.5. The van der Waals surface area contributed by atoms with E-state index in [2.05, 4.69) is 45.8 Å². The SMILES string of the molecule is Cn1cc(/C=C/C2=CC(=C(C#N)C#N)C=C(/C=C/c3cn(C)c4ccccc34)O2)c2ccccc21. The van der Waals surface area contributed by atoms with Crippen LogP contribution in [0.4, 0.5) is 0 Å². The van der Waals surface area contributed by atoms with Crippen molar-refractivity contribution >= 4 is 34.0 Å². The van der Waals surface area contributed by atoms with Crippen LogP contribution in [0.15, 0.2) is 108 Å². The molecule has 0 fully saturated rings. The summed E-state index contributed by atoms with van der Waals surface area (Å²) in [5.41, 5.74) is 4.96. The number of nitriles is 2. The zero-order valence-corrected chi connectivity index (χ0v) is 19.4. The summed E-state index contributed by atoms with van der Waals surface area (Å²) in [6, 6.07) is 20.4. The summed E-state index contributed by atoms with van der Waals surface area (Å²) in [6.45, 7) is 0. The number of aryl methyl sites for hydroxylation is 2. The predicted octanol–water partition coefficient (Wildman–Crippen LogP) is 6.54. The lowest BCUT2D eigenvalue weighted by atomic mass is 10.0. The first-order valence-corrected chi connectivity index (χ1v) is 11.2. The van der Waals surface area contributed by atoms with E-state index in [9.17, 15) is 10.5 Å². The largest absolute Gasteiger partial charge is 0.457 e. The molecule has 0 atom stereocenters. The molecule has 0 saturated heterocycles. The van der Waals surface area contributed by atoms with Gasteiger partial charge in [-0.1, -0.05) is 36.4 Å². The molecule has 0 bridgehead atoms. The molecular formula is C30H22N4O. The van der Waals surface area contributed by atoms with Crippen LogP contribution in [0.3, 0.4) is 0 Å². The van der Waals surface area contributed by atoms with E-state index in [4.69, 9.17) is 4.74 Å². The van der Waals surface area contributed by atoms with E-state index in [1.165, 1.54) is 0 Å². The third-order valence-corrected chi connectivity index (χ3v) is 6.05. The van der Waals surface area contributed by atoms with Gasteiger partial charge in [0.05, 0.1) is 0 Å². The second kappa shape index (κ2) is 9.09. The van der Waals surface area contributed by atoms with Crippen LogP contribution in [-0.2, 0) is 18.8 Å². The highest BCUT2D eigenvalue weighted by Gasteiger charge is 2.13. The third-order valence-electron chi connectivity index (χ3n) is 6.05. The van der Waals surface area contributed by atoms with Crippen LogP contribution in [0, 0.1) is 22.7 Å². The van der Waals surface area contributed by atoms with Crippen LogP contribution in [0.5, 0.6) is 0 Å². The van der Waals surface area contributed by atoms with Crippen LogP contribution < -0.4 is 0 Å². The van der Waals surface area contributed by atoms with Gasteiger partial charge >= 0.3 is 0 Å². The van der Waals surface area contributed by atoms with Crippen molar-refractivity contribution in [2.24, 2.45) is 14.1 Å². The molecular weight excluding hydrogens is 432 g/mol. The molecule has 5 rings (SSSR count). The summed E-state index contributed by atoms with van der Waals surface area (Å²) in [7, 11) is 4.03. The molecule has 0 unspecified atom stereocenters. The van der Waals surface area contributed by atoms with Gasteiger partial charge in [0.25, 0.3) is 0 Å². The van der Waals surface area contributed by atoms with Crippen molar-refractivity contribution in [3.8, 4) is 12.1 Å². The number of para-hydroxylation sites is 2. The lowest BCUT2D eigenvalue weighted by molar-refractivity contribution is 0.332. The second-order valence-electron chi connectivity index (χ2n) is 8.34. The van der Waals surface area contributed by atoms with E-state index in [-0.39, 0.29) is 5.57 Å². The average Bonchev–Trinajstić information content (AvgIpc) is 3.38. The van der Waals surface area contributed by atoms with Crippen LogP contribution >= 0.6 is 0 Å². The molecule has 2 aromatic carbocycles. The average molecular weight is 455 g/mol. The summed E-state index contributed by atoms with van der Waals surface area (Å²) in [6.07, 6.45) is 15.3. The Morgan fingerprint density at radius 3 is 1.63 bits per heavy atom. The van der Waals surface area contributed by atoms with Gasteiger partial charge in [-0.3, -0.25) is 0 Å². The lowest BCUT2D eigenvalue weighted by Crippen LogP contribution is -1.98. The quantitative estimate of drug-likeness (QED) is 0.329. The van der Waals surface area contributed by atoms with Crippen molar-refractivity contribution < 1.29 is 4.74 Å². The maximum atomic E-state index is 9.44. The predicted molar refractivity (Wildman–Crippen MR) is 139 cm³/mol. The molecule has 168 valence electrons. The van der Waals surface area contributed by atoms with Gasteiger partial charge in [0.15, 0.2) is 0 Å². The fraction of sp³-hybridized carbons (Fsp3) is 0.0667. The Hall–Kier alpha value is -5.00. The maximum absolute atomic E-state index is 9.44. The van der Waals surface area contributed by atoms with Crippen molar-refractivity contribution in [1.29, 1.82) is 10.5 Å². The zero-order chi connectivity index (χ0) is 24.4. The summed E-state index contributed by atoms with van der Waals surface area (Å²) in [4.78, 5) is 0. The number of nitrogens with zero attached hydrogens (tertiary/aromatic N) is 4. The minimum absolute atomic E-state index is 0.0421. The third kappa shape index (κ3) is 4.19. The summed E-state index contributed by atoms with van der Waals surface area (Å²) < 4.78 is 10.3. The summed E-state index contributed by atoms with van der Waals surface area (Å²) >= 11 is 0.